The van der Waals surface area contributed by atoms with Gasteiger partial charge < -0.3 is 21.1 Å². The lowest BCUT2D eigenvalue weighted by molar-refractivity contribution is 0.0950. The molecule has 3 rings (SSSR count). The number of nitrogens with one attached hydrogen (secondary N) is 3. The molecule has 0 aliphatic rings. The third kappa shape index (κ3) is 5.52. The van der Waals surface area contributed by atoms with Crippen LogP contribution in [0.1, 0.15) is 21.3 Å². The van der Waals surface area contributed by atoms with Crippen molar-refractivity contribution < 1.29 is 14.3 Å². The molecule has 29 heavy (non-hydrogen) atoms. The Kier molecular flexibility index (Phi) is 7.15. The number of aliphatic hydroxyl groups is 1. The predicted molar refractivity (Wildman–Crippen MR) is 115 cm³/mol. The molecule has 1 aromatic heterocycles. The third-order valence-corrected chi connectivity index (χ3v) is 5.50. The SMILES string of the molecule is CN=C(NCCNC(=O)c1ccccc1F)NCC(O)c1cc2ccccc2s1. The van der Waals surface area contributed by atoms with E-state index in [0.717, 1.165) is 15.0 Å². The minimum absolute atomic E-state index is 0.0152. The van der Waals surface area contributed by atoms with Gasteiger partial charge in [0.05, 0.1) is 5.56 Å². The standard InChI is InChI=1S/C21H23FN4O2S/c1-23-21(25-11-10-24-20(28)15-7-3-4-8-16(15)22)26-13-17(27)19-12-14-6-2-5-9-18(14)29-19/h2-9,12,17,27H,10-11,13H2,1H3,(H,24,28)(H2,23,25,26). The van der Waals surface area contributed by atoms with Gasteiger partial charge in [0, 0.05) is 36.3 Å². The summed E-state index contributed by atoms with van der Waals surface area (Å²) in [6.45, 7) is 1.000. The minimum atomic E-state index is -0.660. The molecular weight excluding hydrogens is 391 g/mol. The summed E-state index contributed by atoms with van der Waals surface area (Å²) in [7, 11) is 1.62. The van der Waals surface area contributed by atoms with E-state index in [0.29, 0.717) is 25.6 Å². The first-order valence-corrected chi connectivity index (χ1v) is 10.0. The highest BCUT2D eigenvalue weighted by molar-refractivity contribution is 7.19. The van der Waals surface area contributed by atoms with E-state index in [1.165, 1.54) is 18.2 Å². The highest BCUT2D eigenvalue weighted by Gasteiger charge is 2.12. The van der Waals surface area contributed by atoms with Crippen molar-refractivity contribution in [2.45, 2.75) is 6.10 Å². The number of hydrogen-bond acceptors (Lipinski definition) is 4. The van der Waals surface area contributed by atoms with Gasteiger partial charge in [-0.1, -0.05) is 30.3 Å². The molecule has 152 valence electrons. The molecule has 6 nitrogen and oxygen atoms in total. The number of nitrogens with zero attached hydrogens (tertiary/aromatic N) is 1. The van der Waals surface area contributed by atoms with Gasteiger partial charge in [-0.2, -0.15) is 0 Å². The van der Waals surface area contributed by atoms with E-state index in [1.54, 1.807) is 24.5 Å². The van der Waals surface area contributed by atoms with E-state index >= 15 is 0 Å². The molecule has 4 N–H and O–H groups in total. The topological polar surface area (TPSA) is 85.8 Å². The highest BCUT2D eigenvalue weighted by Crippen LogP contribution is 2.29. The molecule has 8 heteroatoms. The van der Waals surface area contributed by atoms with Crippen molar-refractivity contribution >= 4 is 33.3 Å². The van der Waals surface area contributed by atoms with Crippen LogP contribution >= 0.6 is 11.3 Å². The van der Waals surface area contributed by atoms with E-state index in [9.17, 15) is 14.3 Å². The lowest BCUT2D eigenvalue weighted by atomic mass is 10.2. The lowest BCUT2D eigenvalue weighted by Gasteiger charge is -2.15. The second-order valence-corrected chi connectivity index (χ2v) is 7.43. The molecule has 0 bridgehead atoms. The number of halogens is 1. The van der Waals surface area contributed by atoms with E-state index in [1.807, 2.05) is 30.3 Å². The molecule has 1 amide bonds. The van der Waals surface area contributed by atoms with Gasteiger partial charge in [-0.05, 0) is 29.7 Å². The molecule has 1 heterocycles. The number of rotatable bonds is 7. The lowest BCUT2D eigenvalue weighted by Crippen LogP contribution is -2.42. The van der Waals surface area contributed by atoms with Gasteiger partial charge in [-0.3, -0.25) is 9.79 Å². The molecule has 1 atom stereocenters. The number of carbonyl (C=O) groups excluding carboxylic acids is 1. The highest BCUT2D eigenvalue weighted by atomic mass is 32.1. The number of hydrogen-bond donors (Lipinski definition) is 4. The largest absolute Gasteiger partial charge is 0.386 e. The molecule has 0 saturated carbocycles. The Bertz CT molecular complexity index is 972. The van der Waals surface area contributed by atoms with Gasteiger partial charge >= 0.3 is 0 Å². The van der Waals surface area contributed by atoms with Crippen LogP contribution in [0.5, 0.6) is 0 Å². The average molecular weight is 415 g/mol. The van der Waals surface area contributed by atoms with Crippen LogP contribution in [0.15, 0.2) is 59.6 Å². The van der Waals surface area contributed by atoms with Gasteiger partial charge in [-0.25, -0.2) is 4.39 Å². The summed E-state index contributed by atoms with van der Waals surface area (Å²) < 4.78 is 14.7. The van der Waals surface area contributed by atoms with Crippen LogP contribution in [-0.4, -0.2) is 43.7 Å². The first kappa shape index (κ1) is 20.8. The number of carbonyl (C=O) groups is 1. The monoisotopic (exact) mass is 414 g/mol. The van der Waals surface area contributed by atoms with Gasteiger partial charge in [0.1, 0.15) is 11.9 Å². The fourth-order valence-corrected chi connectivity index (χ4v) is 3.83. The zero-order valence-corrected chi connectivity index (χ0v) is 16.8. The summed E-state index contributed by atoms with van der Waals surface area (Å²) >= 11 is 1.56. The summed E-state index contributed by atoms with van der Waals surface area (Å²) in [6.07, 6.45) is -0.660. The quantitative estimate of drug-likeness (QED) is 0.272. The number of aliphatic hydroxyl groups excluding tert-OH is 1. The molecule has 3 aromatic rings. The summed E-state index contributed by atoms with van der Waals surface area (Å²) in [5, 5.41) is 20.3. The molecule has 0 saturated heterocycles. The van der Waals surface area contributed by atoms with Crippen molar-refractivity contribution in [3.63, 3.8) is 0 Å². The first-order valence-electron chi connectivity index (χ1n) is 9.22. The maximum absolute atomic E-state index is 13.6. The van der Waals surface area contributed by atoms with Crippen molar-refractivity contribution in [1.82, 2.24) is 16.0 Å². The van der Waals surface area contributed by atoms with E-state index in [2.05, 4.69) is 20.9 Å². The van der Waals surface area contributed by atoms with Crippen LogP contribution in [0, 0.1) is 5.82 Å². The summed E-state index contributed by atoms with van der Waals surface area (Å²) in [6, 6.07) is 15.8. The zero-order valence-electron chi connectivity index (χ0n) is 16.0. The van der Waals surface area contributed by atoms with E-state index < -0.39 is 17.8 Å². The Morgan fingerprint density at radius 2 is 1.83 bits per heavy atom. The van der Waals surface area contributed by atoms with Crippen LogP contribution in [0.25, 0.3) is 10.1 Å². The Balaban J connectivity index is 1.42. The van der Waals surface area contributed by atoms with Crippen molar-refractivity contribution in [3.8, 4) is 0 Å². The zero-order chi connectivity index (χ0) is 20.6. The Hall–Kier alpha value is -2.97. The summed E-state index contributed by atoms with van der Waals surface area (Å²) in [5.74, 6) is -0.510. The number of amides is 1. The summed E-state index contributed by atoms with van der Waals surface area (Å²) in [4.78, 5) is 16.9. The van der Waals surface area contributed by atoms with E-state index in [-0.39, 0.29) is 5.56 Å². The fourth-order valence-electron chi connectivity index (χ4n) is 2.78. The van der Waals surface area contributed by atoms with Crippen molar-refractivity contribution in [1.29, 1.82) is 0 Å². The van der Waals surface area contributed by atoms with Crippen molar-refractivity contribution in [2.24, 2.45) is 4.99 Å². The summed E-state index contributed by atoms with van der Waals surface area (Å²) in [5.41, 5.74) is 0.0152. The van der Waals surface area contributed by atoms with Crippen molar-refractivity contribution in [2.75, 3.05) is 26.7 Å². The maximum Gasteiger partial charge on any atom is 0.254 e. The Morgan fingerprint density at radius 3 is 2.59 bits per heavy atom. The Morgan fingerprint density at radius 1 is 1.10 bits per heavy atom. The van der Waals surface area contributed by atoms with Gasteiger partial charge in [-0.15, -0.1) is 11.3 Å². The molecular formula is C21H23FN4O2S. The molecule has 1 unspecified atom stereocenters. The normalized spacial score (nSPS) is 12.6. The molecule has 0 fully saturated rings. The van der Waals surface area contributed by atoms with E-state index in [4.69, 9.17) is 0 Å². The third-order valence-electron chi connectivity index (χ3n) is 4.28. The number of fused-ring (bicyclic) bond motifs is 1. The Labute approximate surface area is 172 Å². The van der Waals surface area contributed by atoms with Crippen LogP contribution in [0.3, 0.4) is 0 Å². The van der Waals surface area contributed by atoms with Crippen molar-refractivity contribution in [3.05, 3.63) is 70.9 Å². The second-order valence-electron chi connectivity index (χ2n) is 6.32. The molecule has 0 aliphatic heterocycles. The number of aliphatic imine (C=N–C) groups is 1. The molecule has 2 aromatic carbocycles. The molecule has 0 aliphatic carbocycles. The molecule has 0 radical (unpaired) electrons. The van der Waals surface area contributed by atoms with Crippen LogP contribution in [-0.2, 0) is 0 Å². The average Bonchev–Trinajstić information content (AvgIpc) is 3.17. The fraction of sp³-hybridized carbons (Fsp3) is 0.238. The predicted octanol–water partition coefficient (Wildman–Crippen LogP) is 2.67. The van der Waals surface area contributed by atoms with Crippen LogP contribution in [0.4, 0.5) is 4.39 Å². The smallest absolute Gasteiger partial charge is 0.254 e. The van der Waals surface area contributed by atoms with Crippen LogP contribution in [0.2, 0.25) is 0 Å². The maximum atomic E-state index is 13.6. The minimum Gasteiger partial charge on any atom is -0.386 e. The number of guanidine groups is 1. The number of thiophene rings is 1. The van der Waals surface area contributed by atoms with Gasteiger partial charge in [0.25, 0.3) is 5.91 Å². The van der Waals surface area contributed by atoms with Gasteiger partial charge in [0.2, 0.25) is 0 Å². The van der Waals surface area contributed by atoms with Gasteiger partial charge in [0.15, 0.2) is 5.96 Å². The molecule has 0 spiro atoms. The number of benzene rings is 2. The first-order chi connectivity index (χ1) is 14.1. The second kappa shape index (κ2) is 9.99. The van der Waals surface area contributed by atoms with Crippen LogP contribution < -0.4 is 16.0 Å².